The first kappa shape index (κ1) is 12.1. The molecule has 1 fully saturated rings. The highest BCUT2D eigenvalue weighted by atomic mass is 79.9. The van der Waals surface area contributed by atoms with Crippen LogP contribution in [0.1, 0.15) is 56.6 Å². The van der Waals surface area contributed by atoms with Crippen molar-refractivity contribution in [3.05, 3.63) is 33.8 Å². The Bertz CT molecular complexity index is 373. The smallest absolute Gasteiger partial charge is 0.0840 e. The second kappa shape index (κ2) is 4.50. The Balaban J connectivity index is 2.29. The van der Waals surface area contributed by atoms with Crippen molar-refractivity contribution >= 4 is 15.9 Å². The highest BCUT2D eigenvalue weighted by Crippen LogP contribution is 2.38. The summed E-state index contributed by atoms with van der Waals surface area (Å²) in [6.07, 6.45) is 5.32. The molecule has 0 bridgehead atoms. The van der Waals surface area contributed by atoms with E-state index in [0.717, 1.165) is 10.0 Å². The lowest BCUT2D eigenvalue weighted by atomic mass is 9.92. The minimum Gasteiger partial charge on any atom is -0.386 e. The van der Waals surface area contributed by atoms with Crippen LogP contribution in [0.15, 0.2) is 22.7 Å². The third-order valence-corrected chi connectivity index (χ3v) is 4.19. The van der Waals surface area contributed by atoms with Gasteiger partial charge in [0.1, 0.15) is 0 Å². The quantitative estimate of drug-likeness (QED) is 0.856. The predicted octanol–water partition coefficient (Wildman–Crippen LogP) is 4.33. The maximum absolute atomic E-state index is 9.95. The fourth-order valence-electron chi connectivity index (χ4n) is 2.48. The molecule has 88 valence electrons. The van der Waals surface area contributed by atoms with Crippen LogP contribution in [0.3, 0.4) is 0 Å². The molecular formula is C14H19BrO. The van der Waals surface area contributed by atoms with Crippen LogP contribution < -0.4 is 0 Å². The minimum atomic E-state index is -0.753. The van der Waals surface area contributed by atoms with Crippen molar-refractivity contribution in [3.8, 4) is 0 Å². The Morgan fingerprint density at radius 3 is 2.38 bits per heavy atom. The summed E-state index contributed by atoms with van der Waals surface area (Å²) in [6, 6.07) is 6.29. The molecule has 0 aromatic heterocycles. The van der Waals surface area contributed by atoms with E-state index in [2.05, 4.69) is 34.1 Å². The minimum absolute atomic E-state index is 0.713. The summed E-state index contributed by atoms with van der Waals surface area (Å²) < 4.78 is 1.15. The van der Waals surface area contributed by atoms with Gasteiger partial charge in [0.2, 0.25) is 0 Å². The summed E-state index contributed by atoms with van der Waals surface area (Å²) in [5.74, 6) is 0.713. The average molecular weight is 283 g/mol. The first-order chi connectivity index (χ1) is 7.48. The summed E-state index contributed by atoms with van der Waals surface area (Å²) in [5.41, 5.74) is 1.63. The van der Waals surface area contributed by atoms with E-state index >= 15 is 0 Å². The number of rotatable bonds is 2. The molecule has 0 aliphatic heterocycles. The molecule has 2 heteroatoms. The summed E-state index contributed by atoms with van der Waals surface area (Å²) in [7, 11) is 0. The van der Waals surface area contributed by atoms with Gasteiger partial charge in [-0.2, -0.15) is 0 Å². The van der Waals surface area contributed by atoms with Crippen LogP contribution in [0, 0.1) is 0 Å². The van der Waals surface area contributed by atoms with E-state index in [-0.39, 0.29) is 0 Å². The van der Waals surface area contributed by atoms with E-state index in [4.69, 9.17) is 0 Å². The van der Waals surface area contributed by atoms with Crippen molar-refractivity contribution < 1.29 is 5.11 Å². The monoisotopic (exact) mass is 282 g/mol. The Hall–Kier alpha value is -0.340. The average Bonchev–Trinajstić information content (AvgIpc) is 2.69. The van der Waals surface area contributed by atoms with Crippen molar-refractivity contribution in [2.45, 2.75) is 51.0 Å². The van der Waals surface area contributed by atoms with E-state index in [0.29, 0.717) is 5.92 Å². The zero-order valence-corrected chi connectivity index (χ0v) is 11.5. The van der Waals surface area contributed by atoms with Gasteiger partial charge in [-0.1, -0.05) is 40.9 Å². The van der Waals surface area contributed by atoms with Gasteiger partial charge in [-0.05, 0) is 49.8 Å². The molecule has 2 rings (SSSR count). The molecule has 0 spiro atoms. The molecule has 1 N–H and O–H groups in total. The Kier molecular flexibility index (Phi) is 3.41. The second-order valence-corrected chi connectivity index (χ2v) is 6.13. The first-order valence-corrected chi connectivity index (χ1v) is 6.80. The summed E-state index contributed by atoms with van der Waals surface area (Å²) >= 11 is 3.64. The van der Waals surface area contributed by atoms with Gasteiger partial charge in [-0.15, -0.1) is 0 Å². The third kappa shape index (κ3) is 2.49. The summed E-state index contributed by atoms with van der Waals surface area (Å²) in [5, 5.41) is 9.95. The SMILES string of the molecule is CC(C)(O)c1ccc(C2CCCC2)c(Br)c1. The lowest BCUT2D eigenvalue weighted by Crippen LogP contribution is -2.15. The fraction of sp³-hybridized carbons (Fsp3) is 0.571. The Labute approximate surface area is 106 Å². The van der Waals surface area contributed by atoms with Gasteiger partial charge in [-0.3, -0.25) is 0 Å². The summed E-state index contributed by atoms with van der Waals surface area (Å²) in [6.45, 7) is 3.65. The standard InChI is InChI=1S/C14H19BrO/c1-14(2,16)11-7-8-12(13(15)9-11)10-5-3-4-6-10/h7-10,16H,3-6H2,1-2H3. The second-order valence-electron chi connectivity index (χ2n) is 5.28. The van der Waals surface area contributed by atoms with Crippen molar-refractivity contribution in [1.29, 1.82) is 0 Å². The van der Waals surface area contributed by atoms with E-state index in [1.165, 1.54) is 31.2 Å². The topological polar surface area (TPSA) is 20.2 Å². The molecule has 0 heterocycles. The number of halogens is 1. The molecule has 1 aliphatic rings. The van der Waals surface area contributed by atoms with Crippen molar-refractivity contribution in [3.63, 3.8) is 0 Å². The van der Waals surface area contributed by atoms with E-state index in [1.807, 2.05) is 13.8 Å². The predicted molar refractivity (Wildman–Crippen MR) is 70.6 cm³/mol. The van der Waals surface area contributed by atoms with E-state index < -0.39 is 5.60 Å². The molecule has 0 saturated heterocycles. The molecule has 1 aromatic rings. The third-order valence-electron chi connectivity index (χ3n) is 3.50. The van der Waals surface area contributed by atoms with Crippen LogP contribution in [0.2, 0.25) is 0 Å². The molecule has 1 aromatic carbocycles. The maximum Gasteiger partial charge on any atom is 0.0840 e. The van der Waals surface area contributed by atoms with Crippen LogP contribution in [-0.2, 0) is 5.60 Å². The van der Waals surface area contributed by atoms with Gasteiger partial charge < -0.3 is 5.11 Å². The van der Waals surface area contributed by atoms with Gasteiger partial charge in [-0.25, -0.2) is 0 Å². The molecule has 16 heavy (non-hydrogen) atoms. The van der Waals surface area contributed by atoms with E-state index in [1.54, 1.807) is 0 Å². The molecule has 1 saturated carbocycles. The Morgan fingerprint density at radius 2 is 1.88 bits per heavy atom. The van der Waals surface area contributed by atoms with Crippen LogP contribution >= 0.6 is 15.9 Å². The lowest BCUT2D eigenvalue weighted by molar-refractivity contribution is 0.0785. The van der Waals surface area contributed by atoms with Gasteiger partial charge in [0, 0.05) is 4.47 Å². The van der Waals surface area contributed by atoms with Crippen molar-refractivity contribution in [2.24, 2.45) is 0 Å². The molecule has 0 unspecified atom stereocenters. The highest BCUT2D eigenvalue weighted by molar-refractivity contribution is 9.10. The maximum atomic E-state index is 9.95. The van der Waals surface area contributed by atoms with Crippen molar-refractivity contribution in [1.82, 2.24) is 0 Å². The van der Waals surface area contributed by atoms with Gasteiger partial charge in [0.15, 0.2) is 0 Å². The summed E-state index contributed by atoms with van der Waals surface area (Å²) in [4.78, 5) is 0. The molecule has 0 atom stereocenters. The molecule has 0 amide bonds. The van der Waals surface area contributed by atoms with Gasteiger partial charge >= 0.3 is 0 Å². The number of hydrogen-bond acceptors (Lipinski definition) is 1. The van der Waals surface area contributed by atoms with Crippen LogP contribution in [0.4, 0.5) is 0 Å². The molecule has 0 radical (unpaired) electrons. The molecular weight excluding hydrogens is 264 g/mol. The largest absolute Gasteiger partial charge is 0.386 e. The van der Waals surface area contributed by atoms with E-state index in [9.17, 15) is 5.11 Å². The number of benzene rings is 1. The zero-order valence-electron chi connectivity index (χ0n) is 9.96. The zero-order chi connectivity index (χ0) is 11.8. The Morgan fingerprint density at radius 1 is 1.25 bits per heavy atom. The number of hydrogen-bond donors (Lipinski definition) is 1. The van der Waals surface area contributed by atoms with Crippen LogP contribution in [0.25, 0.3) is 0 Å². The highest BCUT2D eigenvalue weighted by Gasteiger charge is 2.22. The van der Waals surface area contributed by atoms with Crippen LogP contribution in [0.5, 0.6) is 0 Å². The van der Waals surface area contributed by atoms with Crippen molar-refractivity contribution in [2.75, 3.05) is 0 Å². The normalized spacial score (nSPS) is 18.0. The van der Waals surface area contributed by atoms with Gasteiger partial charge in [0.25, 0.3) is 0 Å². The van der Waals surface area contributed by atoms with Crippen LogP contribution in [-0.4, -0.2) is 5.11 Å². The lowest BCUT2D eigenvalue weighted by Gasteiger charge is -2.20. The molecule has 1 aliphatic carbocycles. The number of aliphatic hydroxyl groups is 1. The molecule has 1 nitrogen and oxygen atoms in total. The van der Waals surface area contributed by atoms with Gasteiger partial charge in [0.05, 0.1) is 5.60 Å². The first-order valence-electron chi connectivity index (χ1n) is 6.01. The fourth-order valence-corrected chi connectivity index (χ4v) is 3.18.